The smallest absolute Gasteiger partial charge is 0.317 e. The highest BCUT2D eigenvalue weighted by molar-refractivity contribution is 5.25. The molecule has 1 N–H and O–H groups in total. The lowest BCUT2D eigenvalue weighted by Crippen LogP contribution is -2.28. The van der Waals surface area contributed by atoms with E-state index in [0.717, 1.165) is 23.4 Å². The second kappa shape index (κ2) is 6.41. The van der Waals surface area contributed by atoms with Crippen LogP contribution in [0.2, 0.25) is 0 Å². The summed E-state index contributed by atoms with van der Waals surface area (Å²) in [5.74, 6) is 0. The third kappa shape index (κ3) is 4.86. The van der Waals surface area contributed by atoms with Gasteiger partial charge in [-0.3, -0.25) is 4.68 Å². The number of alkyl halides is 3. The standard InChI is InChI=1S/C13H22F3N3/c1-9-12(10(2)19(4)18-9)8-11(17-3)6-5-7-13(14,15)16/h11,17H,5-8H2,1-4H3. The van der Waals surface area contributed by atoms with Crippen molar-refractivity contribution in [2.45, 2.75) is 51.7 Å². The van der Waals surface area contributed by atoms with E-state index in [9.17, 15) is 13.2 Å². The molecule has 19 heavy (non-hydrogen) atoms. The van der Waals surface area contributed by atoms with E-state index in [1.165, 1.54) is 0 Å². The van der Waals surface area contributed by atoms with Crippen molar-refractivity contribution in [2.24, 2.45) is 7.05 Å². The summed E-state index contributed by atoms with van der Waals surface area (Å²) >= 11 is 0. The number of halogens is 3. The largest absolute Gasteiger partial charge is 0.389 e. The van der Waals surface area contributed by atoms with Crippen LogP contribution in [-0.4, -0.2) is 29.0 Å². The molecule has 6 heteroatoms. The minimum atomic E-state index is -4.06. The van der Waals surface area contributed by atoms with Gasteiger partial charge in [-0.15, -0.1) is 0 Å². The number of aryl methyl sites for hydroxylation is 2. The molecule has 1 atom stereocenters. The van der Waals surface area contributed by atoms with Crippen molar-refractivity contribution >= 4 is 0 Å². The zero-order valence-electron chi connectivity index (χ0n) is 11.9. The van der Waals surface area contributed by atoms with Crippen LogP contribution in [0.5, 0.6) is 0 Å². The summed E-state index contributed by atoms with van der Waals surface area (Å²) < 4.78 is 38.2. The summed E-state index contributed by atoms with van der Waals surface area (Å²) in [6.45, 7) is 3.92. The molecule has 1 aromatic heterocycles. The van der Waals surface area contributed by atoms with Gasteiger partial charge in [0.1, 0.15) is 0 Å². The van der Waals surface area contributed by atoms with Crippen molar-refractivity contribution < 1.29 is 13.2 Å². The lowest BCUT2D eigenvalue weighted by Gasteiger charge is -2.17. The Bertz CT molecular complexity index is 410. The van der Waals surface area contributed by atoms with Gasteiger partial charge in [0.25, 0.3) is 0 Å². The van der Waals surface area contributed by atoms with Crippen LogP contribution in [0.4, 0.5) is 13.2 Å². The molecule has 0 fully saturated rings. The molecular weight excluding hydrogens is 255 g/mol. The number of hydrogen-bond donors (Lipinski definition) is 1. The number of aromatic nitrogens is 2. The van der Waals surface area contributed by atoms with Gasteiger partial charge in [0, 0.05) is 25.2 Å². The average molecular weight is 277 g/mol. The van der Waals surface area contributed by atoms with Crippen LogP contribution in [-0.2, 0) is 13.5 Å². The molecule has 0 saturated heterocycles. The van der Waals surface area contributed by atoms with Crippen molar-refractivity contribution in [1.29, 1.82) is 0 Å². The van der Waals surface area contributed by atoms with Crippen LogP contribution in [0.3, 0.4) is 0 Å². The topological polar surface area (TPSA) is 29.9 Å². The Labute approximate surface area is 112 Å². The van der Waals surface area contributed by atoms with Crippen molar-refractivity contribution in [3.63, 3.8) is 0 Å². The van der Waals surface area contributed by atoms with E-state index in [2.05, 4.69) is 10.4 Å². The highest BCUT2D eigenvalue weighted by atomic mass is 19.4. The number of nitrogens with zero attached hydrogens (tertiary/aromatic N) is 2. The third-order valence-electron chi connectivity index (χ3n) is 3.53. The molecule has 3 nitrogen and oxygen atoms in total. The van der Waals surface area contributed by atoms with Gasteiger partial charge in [0.15, 0.2) is 0 Å². The van der Waals surface area contributed by atoms with E-state index in [0.29, 0.717) is 6.42 Å². The van der Waals surface area contributed by atoms with Crippen molar-refractivity contribution in [2.75, 3.05) is 7.05 Å². The van der Waals surface area contributed by atoms with Crippen LogP contribution in [0.15, 0.2) is 0 Å². The molecule has 0 aromatic carbocycles. The Kier molecular flexibility index (Phi) is 5.40. The zero-order valence-corrected chi connectivity index (χ0v) is 11.9. The Morgan fingerprint density at radius 2 is 1.95 bits per heavy atom. The summed E-state index contributed by atoms with van der Waals surface area (Å²) in [6.07, 6.45) is -3.37. The van der Waals surface area contributed by atoms with Gasteiger partial charge < -0.3 is 5.32 Å². The van der Waals surface area contributed by atoms with Crippen molar-refractivity contribution in [3.05, 3.63) is 17.0 Å². The maximum absolute atomic E-state index is 12.1. The lowest BCUT2D eigenvalue weighted by atomic mass is 9.99. The Morgan fingerprint density at radius 3 is 2.37 bits per heavy atom. The summed E-state index contributed by atoms with van der Waals surface area (Å²) in [5, 5.41) is 7.42. The lowest BCUT2D eigenvalue weighted by molar-refractivity contribution is -0.135. The molecule has 1 unspecified atom stereocenters. The number of likely N-dealkylation sites (N-methyl/N-ethyl adjacent to an activating group) is 1. The quantitative estimate of drug-likeness (QED) is 0.866. The first kappa shape index (κ1) is 16.0. The third-order valence-corrected chi connectivity index (χ3v) is 3.53. The maximum Gasteiger partial charge on any atom is 0.389 e. The Balaban J connectivity index is 2.57. The first-order valence-electron chi connectivity index (χ1n) is 6.47. The predicted molar refractivity (Wildman–Crippen MR) is 69.1 cm³/mol. The van der Waals surface area contributed by atoms with E-state index >= 15 is 0 Å². The normalized spacial score (nSPS) is 13.8. The fourth-order valence-electron chi connectivity index (χ4n) is 2.26. The second-order valence-corrected chi connectivity index (χ2v) is 4.97. The van der Waals surface area contributed by atoms with Gasteiger partial charge >= 0.3 is 6.18 Å². The molecular formula is C13H22F3N3. The van der Waals surface area contributed by atoms with E-state index in [1.807, 2.05) is 25.6 Å². The molecule has 0 aliphatic rings. The second-order valence-electron chi connectivity index (χ2n) is 4.97. The fourth-order valence-corrected chi connectivity index (χ4v) is 2.26. The molecule has 0 spiro atoms. The van der Waals surface area contributed by atoms with Crippen molar-refractivity contribution in [1.82, 2.24) is 15.1 Å². The van der Waals surface area contributed by atoms with Crippen LogP contribution >= 0.6 is 0 Å². The first-order chi connectivity index (χ1) is 8.74. The molecule has 0 bridgehead atoms. The van der Waals surface area contributed by atoms with Gasteiger partial charge in [-0.2, -0.15) is 18.3 Å². The monoisotopic (exact) mass is 277 g/mol. The average Bonchev–Trinajstić information content (AvgIpc) is 2.52. The number of rotatable bonds is 6. The van der Waals surface area contributed by atoms with Crippen LogP contribution in [0.1, 0.15) is 36.2 Å². The Morgan fingerprint density at radius 1 is 1.32 bits per heavy atom. The van der Waals surface area contributed by atoms with Gasteiger partial charge in [0.05, 0.1) is 5.69 Å². The SMILES string of the molecule is CNC(CCCC(F)(F)F)Cc1c(C)nn(C)c1C. The van der Waals surface area contributed by atoms with Crippen LogP contribution < -0.4 is 5.32 Å². The summed E-state index contributed by atoms with van der Waals surface area (Å²) in [7, 11) is 3.67. The van der Waals surface area contributed by atoms with Crippen molar-refractivity contribution in [3.8, 4) is 0 Å². The predicted octanol–water partition coefficient (Wildman–Crippen LogP) is 2.90. The van der Waals surface area contributed by atoms with Gasteiger partial charge in [0.2, 0.25) is 0 Å². The summed E-state index contributed by atoms with van der Waals surface area (Å²) in [4.78, 5) is 0. The molecule has 0 radical (unpaired) electrons. The minimum Gasteiger partial charge on any atom is -0.317 e. The molecule has 0 saturated carbocycles. The van der Waals surface area contributed by atoms with Gasteiger partial charge in [-0.1, -0.05) is 0 Å². The number of nitrogens with one attached hydrogen (secondary N) is 1. The Hall–Kier alpha value is -1.04. The van der Waals surface area contributed by atoms with E-state index < -0.39 is 12.6 Å². The molecule has 0 aliphatic carbocycles. The van der Waals surface area contributed by atoms with E-state index in [1.54, 1.807) is 7.05 Å². The fraction of sp³-hybridized carbons (Fsp3) is 0.769. The molecule has 1 heterocycles. The molecule has 110 valence electrons. The summed E-state index contributed by atoms with van der Waals surface area (Å²) in [5.41, 5.74) is 3.17. The van der Waals surface area contributed by atoms with E-state index in [-0.39, 0.29) is 12.5 Å². The zero-order chi connectivity index (χ0) is 14.6. The molecule has 1 aromatic rings. The highest BCUT2D eigenvalue weighted by Gasteiger charge is 2.26. The van der Waals surface area contributed by atoms with Crippen LogP contribution in [0.25, 0.3) is 0 Å². The molecule has 0 aliphatic heterocycles. The minimum absolute atomic E-state index is 0.0592. The van der Waals surface area contributed by atoms with E-state index in [4.69, 9.17) is 0 Å². The van der Waals surface area contributed by atoms with Gasteiger partial charge in [-0.25, -0.2) is 0 Å². The highest BCUT2D eigenvalue weighted by Crippen LogP contribution is 2.23. The van der Waals surface area contributed by atoms with Crippen LogP contribution in [0, 0.1) is 13.8 Å². The van der Waals surface area contributed by atoms with Gasteiger partial charge in [-0.05, 0) is 45.7 Å². The molecule has 1 rings (SSSR count). The summed E-state index contributed by atoms with van der Waals surface area (Å²) in [6, 6.07) is 0.0592. The first-order valence-corrected chi connectivity index (χ1v) is 6.47. The number of hydrogen-bond acceptors (Lipinski definition) is 2. The maximum atomic E-state index is 12.1. The molecule has 0 amide bonds.